The Morgan fingerprint density at radius 3 is 2.88 bits per heavy atom. The summed E-state index contributed by atoms with van der Waals surface area (Å²) in [4.78, 5) is 17.3. The van der Waals surface area contributed by atoms with Crippen molar-refractivity contribution in [3.63, 3.8) is 0 Å². The van der Waals surface area contributed by atoms with E-state index in [0.29, 0.717) is 22.8 Å². The summed E-state index contributed by atoms with van der Waals surface area (Å²) < 4.78 is 3.40. The van der Waals surface area contributed by atoms with Gasteiger partial charge in [-0.15, -0.1) is 10.2 Å². The zero-order chi connectivity index (χ0) is 16.8. The van der Waals surface area contributed by atoms with Crippen LogP contribution in [-0.2, 0) is 7.05 Å². The summed E-state index contributed by atoms with van der Waals surface area (Å²) >= 11 is 0. The minimum absolute atomic E-state index is 0.264. The number of carbonyl (C=O) groups excluding carboxylic acids is 1. The lowest BCUT2D eigenvalue weighted by atomic mass is 10.1. The average Bonchev–Trinajstić information content (AvgIpc) is 3.08. The Kier molecular flexibility index (Phi) is 3.05. The molecule has 0 bridgehead atoms. The summed E-state index contributed by atoms with van der Waals surface area (Å²) in [5.74, 6) is 0.111. The Labute approximate surface area is 137 Å². The first-order chi connectivity index (χ1) is 11.5. The predicted molar refractivity (Wildman–Crippen MR) is 88.9 cm³/mol. The van der Waals surface area contributed by atoms with Crippen LogP contribution >= 0.6 is 0 Å². The maximum Gasteiger partial charge on any atom is 0.258 e. The van der Waals surface area contributed by atoms with Gasteiger partial charge in [0, 0.05) is 18.9 Å². The highest BCUT2D eigenvalue weighted by Crippen LogP contribution is 2.22. The summed E-state index contributed by atoms with van der Waals surface area (Å²) in [6.07, 6.45) is 1.80. The SMILES string of the molecule is Cc1cc(C(=O)Nc2nnc3ccccn23)c2c(C)nn(C)c2n1. The number of nitrogens with zero attached hydrogens (tertiary/aromatic N) is 6. The van der Waals surface area contributed by atoms with Crippen molar-refractivity contribution in [1.82, 2.24) is 29.4 Å². The van der Waals surface area contributed by atoms with E-state index in [-0.39, 0.29) is 5.91 Å². The minimum atomic E-state index is -0.264. The number of rotatable bonds is 2. The smallest absolute Gasteiger partial charge is 0.258 e. The van der Waals surface area contributed by atoms with Gasteiger partial charge in [0.15, 0.2) is 11.3 Å². The van der Waals surface area contributed by atoms with Crippen molar-refractivity contribution in [3.8, 4) is 0 Å². The van der Waals surface area contributed by atoms with Crippen LogP contribution in [0.25, 0.3) is 16.7 Å². The predicted octanol–water partition coefficient (Wildman–Crippen LogP) is 1.88. The molecule has 1 amide bonds. The highest BCUT2D eigenvalue weighted by atomic mass is 16.1. The molecule has 0 aliphatic carbocycles. The molecule has 4 rings (SSSR count). The first kappa shape index (κ1) is 14.3. The molecule has 0 radical (unpaired) electrons. The first-order valence-corrected chi connectivity index (χ1v) is 7.46. The topological polar surface area (TPSA) is 90.0 Å². The molecule has 24 heavy (non-hydrogen) atoms. The van der Waals surface area contributed by atoms with Crippen molar-refractivity contribution in [3.05, 3.63) is 47.4 Å². The molecular weight excluding hydrogens is 306 g/mol. The van der Waals surface area contributed by atoms with Gasteiger partial charge >= 0.3 is 0 Å². The molecule has 8 nitrogen and oxygen atoms in total. The van der Waals surface area contributed by atoms with Crippen molar-refractivity contribution in [1.29, 1.82) is 0 Å². The van der Waals surface area contributed by atoms with Gasteiger partial charge in [-0.1, -0.05) is 6.07 Å². The first-order valence-electron chi connectivity index (χ1n) is 7.46. The van der Waals surface area contributed by atoms with E-state index in [4.69, 9.17) is 0 Å². The van der Waals surface area contributed by atoms with E-state index in [1.807, 2.05) is 39.1 Å². The van der Waals surface area contributed by atoms with E-state index in [9.17, 15) is 4.79 Å². The number of hydrogen-bond donors (Lipinski definition) is 1. The van der Waals surface area contributed by atoms with Crippen molar-refractivity contribution in [2.24, 2.45) is 7.05 Å². The number of carbonyl (C=O) groups is 1. The molecule has 0 aliphatic heterocycles. The summed E-state index contributed by atoms with van der Waals surface area (Å²) in [6, 6.07) is 7.30. The summed E-state index contributed by atoms with van der Waals surface area (Å²) in [5.41, 5.74) is 3.39. The van der Waals surface area contributed by atoms with Gasteiger partial charge in [0.1, 0.15) is 0 Å². The zero-order valence-corrected chi connectivity index (χ0v) is 13.5. The van der Waals surface area contributed by atoms with E-state index in [1.165, 1.54) is 0 Å². The summed E-state index contributed by atoms with van der Waals surface area (Å²) in [6.45, 7) is 3.72. The van der Waals surface area contributed by atoms with Crippen molar-refractivity contribution in [2.45, 2.75) is 13.8 Å². The second-order valence-corrected chi connectivity index (χ2v) is 5.63. The third-order valence-corrected chi connectivity index (χ3v) is 3.88. The molecule has 120 valence electrons. The van der Waals surface area contributed by atoms with Crippen LogP contribution in [0.2, 0.25) is 0 Å². The normalized spacial score (nSPS) is 11.3. The highest BCUT2D eigenvalue weighted by Gasteiger charge is 2.19. The van der Waals surface area contributed by atoms with E-state index >= 15 is 0 Å². The van der Waals surface area contributed by atoms with Gasteiger partial charge < -0.3 is 0 Å². The summed E-state index contributed by atoms with van der Waals surface area (Å²) in [7, 11) is 1.81. The fourth-order valence-corrected chi connectivity index (χ4v) is 2.84. The second kappa shape index (κ2) is 5.12. The molecule has 0 unspecified atom stereocenters. The van der Waals surface area contributed by atoms with E-state index < -0.39 is 0 Å². The zero-order valence-electron chi connectivity index (χ0n) is 13.5. The van der Waals surface area contributed by atoms with E-state index in [2.05, 4.69) is 25.6 Å². The Morgan fingerprint density at radius 2 is 2.04 bits per heavy atom. The third kappa shape index (κ3) is 2.11. The van der Waals surface area contributed by atoms with Crippen LogP contribution in [0.5, 0.6) is 0 Å². The molecule has 4 heterocycles. The number of fused-ring (bicyclic) bond motifs is 2. The van der Waals surface area contributed by atoms with Crippen LogP contribution in [0, 0.1) is 13.8 Å². The number of hydrogen-bond acceptors (Lipinski definition) is 5. The standard InChI is InChI=1S/C16H15N7O/c1-9-8-11(13-10(2)21-22(3)14(13)17-9)15(24)18-16-20-19-12-6-4-5-7-23(12)16/h4-8H,1-3H3,(H,18,20,24). The number of aromatic nitrogens is 6. The molecule has 0 fully saturated rings. The van der Waals surface area contributed by atoms with Gasteiger partial charge in [0.05, 0.1) is 16.6 Å². The second-order valence-electron chi connectivity index (χ2n) is 5.63. The number of amides is 1. The molecule has 0 saturated heterocycles. The molecule has 0 atom stereocenters. The molecule has 4 aromatic rings. The van der Waals surface area contributed by atoms with Gasteiger partial charge in [0.25, 0.3) is 5.91 Å². The lowest BCUT2D eigenvalue weighted by Gasteiger charge is -2.06. The Bertz CT molecular complexity index is 1090. The van der Waals surface area contributed by atoms with Crippen LogP contribution in [-0.4, -0.2) is 35.3 Å². The fraction of sp³-hybridized carbons (Fsp3) is 0.188. The van der Waals surface area contributed by atoms with E-state index in [1.54, 1.807) is 21.3 Å². The molecule has 0 aromatic carbocycles. The Balaban J connectivity index is 1.81. The number of pyridine rings is 2. The molecule has 0 aliphatic rings. The van der Waals surface area contributed by atoms with Crippen LogP contribution in [0.15, 0.2) is 30.5 Å². The van der Waals surface area contributed by atoms with Crippen molar-refractivity contribution in [2.75, 3.05) is 5.32 Å². The van der Waals surface area contributed by atoms with Gasteiger partial charge in [0.2, 0.25) is 5.95 Å². The molecular formula is C16H15N7O. The van der Waals surface area contributed by atoms with Crippen LogP contribution < -0.4 is 5.32 Å². The maximum atomic E-state index is 12.8. The molecule has 1 N–H and O–H groups in total. The quantitative estimate of drug-likeness (QED) is 0.609. The van der Waals surface area contributed by atoms with Gasteiger partial charge in [-0.2, -0.15) is 5.10 Å². The number of anilines is 1. The number of aryl methyl sites for hydroxylation is 3. The van der Waals surface area contributed by atoms with E-state index in [0.717, 1.165) is 16.8 Å². The molecule has 0 saturated carbocycles. The highest BCUT2D eigenvalue weighted by molar-refractivity contribution is 6.12. The Hall–Kier alpha value is -3.29. The molecule has 4 aromatic heterocycles. The maximum absolute atomic E-state index is 12.8. The molecule has 0 spiro atoms. The van der Waals surface area contributed by atoms with Crippen molar-refractivity contribution < 1.29 is 4.79 Å². The van der Waals surface area contributed by atoms with Gasteiger partial charge in [-0.25, -0.2) is 4.98 Å². The minimum Gasteiger partial charge on any atom is -0.290 e. The van der Waals surface area contributed by atoms with Crippen molar-refractivity contribution >= 4 is 28.5 Å². The van der Waals surface area contributed by atoms with Crippen LogP contribution in [0.3, 0.4) is 0 Å². The fourth-order valence-electron chi connectivity index (χ4n) is 2.84. The van der Waals surface area contributed by atoms with Crippen LogP contribution in [0.4, 0.5) is 5.95 Å². The Morgan fingerprint density at radius 1 is 1.21 bits per heavy atom. The lowest BCUT2D eigenvalue weighted by molar-refractivity contribution is 0.102. The van der Waals surface area contributed by atoms with Gasteiger partial charge in [-0.05, 0) is 32.0 Å². The van der Waals surface area contributed by atoms with Gasteiger partial charge in [-0.3, -0.25) is 19.2 Å². The van der Waals surface area contributed by atoms with Crippen LogP contribution in [0.1, 0.15) is 21.7 Å². The number of nitrogens with one attached hydrogen (secondary N) is 1. The lowest BCUT2D eigenvalue weighted by Crippen LogP contribution is -2.15. The monoisotopic (exact) mass is 321 g/mol. The largest absolute Gasteiger partial charge is 0.290 e. The third-order valence-electron chi connectivity index (χ3n) is 3.88. The average molecular weight is 321 g/mol. The molecule has 8 heteroatoms. The summed E-state index contributed by atoms with van der Waals surface area (Å²) in [5, 5.41) is 16.0.